The zero-order chi connectivity index (χ0) is 16.7. The fraction of sp³-hybridized carbons (Fsp3) is 0.611. The summed E-state index contributed by atoms with van der Waals surface area (Å²) in [6.07, 6.45) is 1.94. The van der Waals surface area contributed by atoms with Crippen LogP contribution in [-0.4, -0.2) is 44.3 Å². The zero-order valence-electron chi connectivity index (χ0n) is 14.3. The third kappa shape index (κ3) is 4.86. The summed E-state index contributed by atoms with van der Waals surface area (Å²) in [5.74, 6) is 1.44. The van der Waals surface area contributed by atoms with Crippen molar-refractivity contribution in [2.75, 3.05) is 33.4 Å². The molecule has 0 unspecified atom stereocenters. The zero-order valence-corrected chi connectivity index (χ0v) is 14.3. The lowest BCUT2D eigenvalue weighted by Gasteiger charge is -2.31. The summed E-state index contributed by atoms with van der Waals surface area (Å²) >= 11 is 0. The molecule has 1 aromatic rings. The van der Waals surface area contributed by atoms with Crippen LogP contribution >= 0.6 is 0 Å². The van der Waals surface area contributed by atoms with Crippen molar-refractivity contribution in [3.63, 3.8) is 0 Å². The Morgan fingerprint density at radius 3 is 2.78 bits per heavy atom. The first kappa shape index (κ1) is 17.6. The van der Waals surface area contributed by atoms with Gasteiger partial charge in [-0.2, -0.15) is 0 Å². The lowest BCUT2D eigenvalue weighted by molar-refractivity contribution is -0.150. The SMILES string of the molecule is CCOC(=O)[C@@H]1CCCN(Cc2ccc(OC)c(OCC)c2)C1. The quantitative estimate of drug-likeness (QED) is 0.723. The largest absolute Gasteiger partial charge is 0.493 e. The van der Waals surface area contributed by atoms with Crippen molar-refractivity contribution < 1.29 is 19.0 Å². The molecule has 2 rings (SSSR count). The van der Waals surface area contributed by atoms with Crippen LogP contribution in [0.25, 0.3) is 0 Å². The molecular weight excluding hydrogens is 294 g/mol. The van der Waals surface area contributed by atoms with Crippen LogP contribution in [0.1, 0.15) is 32.3 Å². The number of hydrogen-bond acceptors (Lipinski definition) is 5. The van der Waals surface area contributed by atoms with E-state index in [0.717, 1.165) is 44.0 Å². The third-order valence-electron chi connectivity index (χ3n) is 4.06. The fourth-order valence-corrected chi connectivity index (χ4v) is 3.00. The van der Waals surface area contributed by atoms with E-state index in [1.807, 2.05) is 26.0 Å². The Bertz CT molecular complexity index is 518. The highest BCUT2D eigenvalue weighted by atomic mass is 16.5. The summed E-state index contributed by atoms with van der Waals surface area (Å²) in [5.41, 5.74) is 1.17. The number of ether oxygens (including phenoxy) is 3. The molecular formula is C18H27NO4. The molecule has 0 bridgehead atoms. The molecule has 1 fully saturated rings. The molecule has 1 saturated heterocycles. The number of carbonyl (C=O) groups excluding carboxylic acids is 1. The molecule has 1 heterocycles. The van der Waals surface area contributed by atoms with Gasteiger partial charge in [-0.25, -0.2) is 0 Å². The Balaban J connectivity index is 2.00. The van der Waals surface area contributed by atoms with Crippen LogP contribution in [0.15, 0.2) is 18.2 Å². The second-order valence-corrected chi connectivity index (χ2v) is 5.74. The summed E-state index contributed by atoms with van der Waals surface area (Å²) in [7, 11) is 1.64. The Kier molecular flexibility index (Phi) is 6.71. The maximum atomic E-state index is 11.9. The predicted octanol–water partition coefficient (Wildman–Crippen LogP) is 2.87. The van der Waals surface area contributed by atoms with Gasteiger partial charge < -0.3 is 14.2 Å². The average Bonchev–Trinajstić information content (AvgIpc) is 2.56. The molecule has 1 aliphatic heterocycles. The number of carbonyl (C=O) groups is 1. The summed E-state index contributed by atoms with van der Waals surface area (Å²) in [6.45, 7) is 7.44. The van der Waals surface area contributed by atoms with E-state index < -0.39 is 0 Å². The molecule has 0 aromatic heterocycles. The minimum atomic E-state index is -0.0677. The lowest BCUT2D eigenvalue weighted by Crippen LogP contribution is -2.38. The molecule has 0 spiro atoms. The van der Waals surface area contributed by atoms with Gasteiger partial charge in [0.05, 0.1) is 26.2 Å². The van der Waals surface area contributed by atoms with Crippen LogP contribution in [0.5, 0.6) is 11.5 Å². The van der Waals surface area contributed by atoms with E-state index in [1.165, 1.54) is 5.56 Å². The van der Waals surface area contributed by atoms with E-state index in [0.29, 0.717) is 13.2 Å². The van der Waals surface area contributed by atoms with Gasteiger partial charge in [0.25, 0.3) is 0 Å². The first-order chi connectivity index (χ1) is 11.2. The van der Waals surface area contributed by atoms with Crippen molar-refractivity contribution in [1.82, 2.24) is 4.90 Å². The topological polar surface area (TPSA) is 48.0 Å². The summed E-state index contributed by atoms with van der Waals surface area (Å²) < 4.78 is 16.1. The van der Waals surface area contributed by atoms with E-state index in [-0.39, 0.29) is 11.9 Å². The maximum Gasteiger partial charge on any atom is 0.310 e. The average molecular weight is 321 g/mol. The highest BCUT2D eigenvalue weighted by Crippen LogP contribution is 2.29. The molecule has 128 valence electrons. The van der Waals surface area contributed by atoms with Gasteiger partial charge in [0, 0.05) is 13.1 Å². The summed E-state index contributed by atoms with van der Waals surface area (Å²) in [5, 5.41) is 0. The lowest BCUT2D eigenvalue weighted by atomic mass is 9.97. The van der Waals surface area contributed by atoms with Gasteiger partial charge in [-0.3, -0.25) is 9.69 Å². The van der Waals surface area contributed by atoms with Crippen molar-refractivity contribution in [2.24, 2.45) is 5.92 Å². The van der Waals surface area contributed by atoms with Crippen LogP contribution < -0.4 is 9.47 Å². The highest BCUT2D eigenvalue weighted by molar-refractivity contribution is 5.72. The van der Waals surface area contributed by atoms with Crippen molar-refractivity contribution in [3.05, 3.63) is 23.8 Å². The maximum absolute atomic E-state index is 11.9. The number of rotatable bonds is 7. The Morgan fingerprint density at radius 2 is 2.09 bits per heavy atom. The van der Waals surface area contributed by atoms with Crippen LogP contribution in [-0.2, 0) is 16.1 Å². The monoisotopic (exact) mass is 321 g/mol. The number of benzene rings is 1. The third-order valence-corrected chi connectivity index (χ3v) is 4.06. The molecule has 1 aliphatic rings. The van der Waals surface area contributed by atoms with E-state index in [4.69, 9.17) is 14.2 Å². The molecule has 0 amide bonds. The van der Waals surface area contributed by atoms with E-state index >= 15 is 0 Å². The van der Waals surface area contributed by atoms with Crippen molar-refractivity contribution in [2.45, 2.75) is 33.2 Å². The fourth-order valence-electron chi connectivity index (χ4n) is 3.00. The number of nitrogens with zero attached hydrogens (tertiary/aromatic N) is 1. The van der Waals surface area contributed by atoms with E-state index in [9.17, 15) is 4.79 Å². The number of likely N-dealkylation sites (tertiary alicyclic amines) is 1. The molecule has 0 N–H and O–H groups in total. The molecule has 5 nitrogen and oxygen atoms in total. The van der Waals surface area contributed by atoms with Crippen LogP contribution in [0.3, 0.4) is 0 Å². The van der Waals surface area contributed by atoms with Crippen molar-refractivity contribution >= 4 is 5.97 Å². The molecule has 1 atom stereocenters. The smallest absolute Gasteiger partial charge is 0.310 e. The second-order valence-electron chi connectivity index (χ2n) is 5.74. The normalized spacial score (nSPS) is 18.5. The molecule has 23 heavy (non-hydrogen) atoms. The Hall–Kier alpha value is -1.75. The van der Waals surface area contributed by atoms with Gasteiger partial charge >= 0.3 is 5.97 Å². The number of hydrogen-bond donors (Lipinski definition) is 0. The van der Waals surface area contributed by atoms with Gasteiger partial charge in [-0.15, -0.1) is 0 Å². The van der Waals surface area contributed by atoms with Crippen molar-refractivity contribution in [1.29, 1.82) is 0 Å². The standard InChI is InChI=1S/C18H27NO4/c1-4-22-17-11-14(8-9-16(17)21-3)12-19-10-6-7-15(13-19)18(20)23-5-2/h8-9,11,15H,4-7,10,12-13H2,1-3H3/t15-/m1/s1. The minimum absolute atomic E-state index is 0.00619. The van der Waals surface area contributed by atoms with Crippen LogP contribution in [0.2, 0.25) is 0 Å². The van der Waals surface area contributed by atoms with Gasteiger partial charge in [0.1, 0.15) is 0 Å². The molecule has 0 saturated carbocycles. The minimum Gasteiger partial charge on any atom is -0.493 e. The summed E-state index contributed by atoms with van der Waals surface area (Å²) in [4.78, 5) is 14.2. The Labute approximate surface area is 138 Å². The van der Waals surface area contributed by atoms with Gasteiger partial charge in [-0.1, -0.05) is 6.07 Å². The molecule has 0 aliphatic carbocycles. The Morgan fingerprint density at radius 1 is 1.26 bits per heavy atom. The van der Waals surface area contributed by atoms with Crippen LogP contribution in [0, 0.1) is 5.92 Å². The first-order valence-electron chi connectivity index (χ1n) is 8.36. The highest BCUT2D eigenvalue weighted by Gasteiger charge is 2.26. The molecule has 0 radical (unpaired) electrons. The molecule has 1 aromatic carbocycles. The van der Waals surface area contributed by atoms with E-state index in [2.05, 4.69) is 11.0 Å². The van der Waals surface area contributed by atoms with Crippen molar-refractivity contribution in [3.8, 4) is 11.5 Å². The van der Waals surface area contributed by atoms with E-state index in [1.54, 1.807) is 7.11 Å². The van der Waals surface area contributed by atoms with Gasteiger partial charge in [0.15, 0.2) is 11.5 Å². The van der Waals surface area contributed by atoms with Gasteiger partial charge in [0.2, 0.25) is 0 Å². The van der Waals surface area contributed by atoms with Crippen LogP contribution in [0.4, 0.5) is 0 Å². The predicted molar refractivity (Wildman–Crippen MR) is 88.8 cm³/mol. The number of esters is 1. The number of piperidine rings is 1. The second kappa shape index (κ2) is 8.77. The first-order valence-corrected chi connectivity index (χ1v) is 8.36. The summed E-state index contributed by atoms with van der Waals surface area (Å²) in [6, 6.07) is 6.01. The number of methoxy groups -OCH3 is 1. The van der Waals surface area contributed by atoms with Gasteiger partial charge in [-0.05, 0) is 50.9 Å². The molecule has 5 heteroatoms.